The Bertz CT molecular complexity index is 1620. The minimum atomic E-state index is -0.972. The fraction of sp³-hybridized carbons (Fsp3) is 0.276. The summed E-state index contributed by atoms with van der Waals surface area (Å²) in [6.45, 7) is 6.47. The lowest BCUT2D eigenvalue weighted by molar-refractivity contribution is -0.387. The molecule has 0 amide bonds. The lowest BCUT2D eigenvalue weighted by atomic mass is 9.69. The largest absolute Gasteiger partial charge is 0.478 e. The van der Waals surface area contributed by atoms with Gasteiger partial charge in [0.15, 0.2) is 5.16 Å². The number of benzene rings is 2. The Morgan fingerprint density at radius 1 is 1.21 bits per heavy atom. The third kappa shape index (κ3) is 4.81. The van der Waals surface area contributed by atoms with Crippen LogP contribution in [-0.4, -0.2) is 30.5 Å². The summed E-state index contributed by atoms with van der Waals surface area (Å²) in [4.78, 5) is 33.8. The minimum absolute atomic E-state index is 0.00606. The van der Waals surface area contributed by atoms with Crippen LogP contribution < -0.4 is 0 Å². The Hall–Kier alpha value is -3.98. The summed E-state index contributed by atoms with van der Waals surface area (Å²) in [5.74, 6) is -0.796. The standard InChI is InChI=1S/C29H28N4O4S/c1-29(2,3)19-15-18(26-21(16-19)25(27(34)35)20-7-5-6-8-22(20)31-26)13-17-9-10-24(23(14-17)33(36)37)38-28-30-11-12-32(28)4/h5-14,19H,15-16H2,1-4H3,(H,34,35)/b18-13-/t19-/m1/s1. The summed E-state index contributed by atoms with van der Waals surface area (Å²) in [7, 11) is 1.84. The van der Waals surface area contributed by atoms with E-state index in [2.05, 4.69) is 25.8 Å². The van der Waals surface area contributed by atoms with E-state index in [9.17, 15) is 20.0 Å². The predicted octanol–water partition coefficient (Wildman–Crippen LogP) is 6.88. The van der Waals surface area contributed by atoms with Gasteiger partial charge in [0.2, 0.25) is 0 Å². The average Bonchev–Trinajstić information content (AvgIpc) is 3.26. The van der Waals surface area contributed by atoms with Gasteiger partial charge in [-0.15, -0.1) is 0 Å². The van der Waals surface area contributed by atoms with E-state index in [4.69, 9.17) is 4.98 Å². The maximum atomic E-state index is 12.5. The molecule has 0 bridgehead atoms. The number of nitro groups is 1. The van der Waals surface area contributed by atoms with E-state index in [0.29, 0.717) is 50.6 Å². The van der Waals surface area contributed by atoms with Crippen LogP contribution >= 0.6 is 11.8 Å². The van der Waals surface area contributed by atoms with Gasteiger partial charge >= 0.3 is 5.97 Å². The molecule has 0 radical (unpaired) electrons. The molecule has 1 N–H and O–H groups in total. The second kappa shape index (κ2) is 9.72. The molecule has 2 heterocycles. The van der Waals surface area contributed by atoms with Crippen molar-refractivity contribution < 1.29 is 14.8 Å². The summed E-state index contributed by atoms with van der Waals surface area (Å²) in [5, 5.41) is 23.5. The number of imidazole rings is 1. The van der Waals surface area contributed by atoms with Gasteiger partial charge in [-0.25, -0.2) is 14.8 Å². The van der Waals surface area contributed by atoms with Crippen molar-refractivity contribution in [1.82, 2.24) is 14.5 Å². The van der Waals surface area contributed by atoms with E-state index >= 15 is 0 Å². The number of pyridine rings is 1. The van der Waals surface area contributed by atoms with E-state index < -0.39 is 5.97 Å². The first-order chi connectivity index (χ1) is 18.0. The molecule has 0 saturated heterocycles. The maximum absolute atomic E-state index is 12.5. The molecule has 4 aromatic rings. The van der Waals surface area contributed by atoms with Crippen molar-refractivity contribution in [3.8, 4) is 0 Å². The number of aromatic nitrogens is 3. The van der Waals surface area contributed by atoms with E-state index in [-0.39, 0.29) is 21.9 Å². The van der Waals surface area contributed by atoms with E-state index in [1.54, 1.807) is 30.6 Å². The fourth-order valence-corrected chi connectivity index (χ4v) is 5.87. The summed E-state index contributed by atoms with van der Waals surface area (Å²) in [5.41, 5.74) is 3.78. The normalized spacial score (nSPS) is 16.5. The topological polar surface area (TPSA) is 111 Å². The number of hydrogen-bond donors (Lipinski definition) is 1. The maximum Gasteiger partial charge on any atom is 0.336 e. The third-order valence-electron chi connectivity index (χ3n) is 7.15. The number of para-hydroxylation sites is 1. The molecule has 0 aliphatic heterocycles. The van der Waals surface area contributed by atoms with Gasteiger partial charge in [-0.1, -0.05) is 45.0 Å². The molecule has 0 unspecified atom stereocenters. The predicted molar refractivity (Wildman–Crippen MR) is 148 cm³/mol. The van der Waals surface area contributed by atoms with Gasteiger partial charge in [0.1, 0.15) is 0 Å². The van der Waals surface area contributed by atoms with Crippen molar-refractivity contribution in [2.45, 2.75) is 43.7 Å². The highest BCUT2D eigenvalue weighted by atomic mass is 32.2. The van der Waals surface area contributed by atoms with Gasteiger partial charge in [0.05, 0.1) is 26.6 Å². The lowest BCUT2D eigenvalue weighted by Gasteiger charge is -2.36. The summed E-state index contributed by atoms with van der Waals surface area (Å²) >= 11 is 1.24. The number of aromatic carboxylic acids is 1. The smallest absolute Gasteiger partial charge is 0.336 e. The van der Waals surface area contributed by atoms with Gasteiger partial charge in [-0.05, 0) is 70.8 Å². The zero-order chi connectivity index (χ0) is 27.2. The van der Waals surface area contributed by atoms with Crippen molar-refractivity contribution in [1.29, 1.82) is 0 Å². The molecule has 194 valence electrons. The molecule has 8 nitrogen and oxygen atoms in total. The Morgan fingerprint density at radius 3 is 2.63 bits per heavy atom. The van der Waals surface area contributed by atoms with Crippen LogP contribution in [0.5, 0.6) is 0 Å². The highest BCUT2D eigenvalue weighted by Gasteiger charge is 2.35. The van der Waals surface area contributed by atoms with Crippen LogP contribution in [0, 0.1) is 21.4 Å². The molecule has 0 spiro atoms. The Balaban J connectivity index is 1.67. The van der Waals surface area contributed by atoms with Gasteiger partial charge in [0.25, 0.3) is 5.69 Å². The first-order valence-electron chi connectivity index (χ1n) is 12.3. The molecule has 38 heavy (non-hydrogen) atoms. The quantitative estimate of drug-likeness (QED) is 0.222. The van der Waals surface area contributed by atoms with Gasteiger partial charge in [0, 0.05) is 30.9 Å². The number of nitrogens with zero attached hydrogens (tertiary/aromatic N) is 4. The van der Waals surface area contributed by atoms with Crippen molar-refractivity contribution in [3.63, 3.8) is 0 Å². The third-order valence-corrected chi connectivity index (χ3v) is 8.29. The number of aryl methyl sites for hydroxylation is 1. The second-order valence-electron chi connectivity index (χ2n) is 10.7. The molecule has 1 atom stereocenters. The van der Waals surface area contributed by atoms with Gasteiger partial charge in [-0.3, -0.25) is 10.1 Å². The van der Waals surface area contributed by atoms with Crippen molar-refractivity contribution >= 4 is 46.0 Å². The van der Waals surface area contributed by atoms with E-state index in [1.165, 1.54) is 11.8 Å². The molecular weight excluding hydrogens is 500 g/mol. The van der Waals surface area contributed by atoms with Gasteiger partial charge < -0.3 is 9.67 Å². The molecule has 2 aromatic heterocycles. The first kappa shape index (κ1) is 25.7. The SMILES string of the molecule is Cn1ccnc1Sc1ccc(/C=C2/C[C@@H](C(C)(C)C)Cc3c2nc2ccccc2c3C(=O)O)cc1[N+](=O)[O-]. The highest BCUT2D eigenvalue weighted by Crippen LogP contribution is 2.45. The van der Waals surface area contributed by atoms with Crippen LogP contribution in [0.15, 0.2) is 64.9 Å². The van der Waals surface area contributed by atoms with Gasteiger partial charge in [-0.2, -0.15) is 0 Å². The number of carbonyl (C=O) groups is 1. The number of carboxylic acid groups (broad SMARTS) is 1. The fourth-order valence-electron chi connectivity index (χ4n) is 4.98. The number of carboxylic acids is 1. The Morgan fingerprint density at radius 2 is 1.97 bits per heavy atom. The number of hydrogen-bond acceptors (Lipinski definition) is 6. The summed E-state index contributed by atoms with van der Waals surface area (Å²) < 4.78 is 1.81. The number of allylic oxidation sites excluding steroid dienone is 1. The van der Waals surface area contributed by atoms with Crippen LogP contribution in [0.25, 0.3) is 22.6 Å². The Kier molecular flexibility index (Phi) is 6.56. The van der Waals surface area contributed by atoms with Crippen LogP contribution in [0.3, 0.4) is 0 Å². The zero-order valence-electron chi connectivity index (χ0n) is 21.6. The van der Waals surface area contributed by atoms with Crippen LogP contribution in [0.4, 0.5) is 5.69 Å². The molecule has 1 aliphatic rings. The monoisotopic (exact) mass is 528 g/mol. The molecule has 0 saturated carbocycles. The van der Waals surface area contributed by atoms with Crippen LogP contribution in [0.1, 0.15) is 54.4 Å². The zero-order valence-corrected chi connectivity index (χ0v) is 22.5. The molecule has 0 fully saturated rings. The molecule has 9 heteroatoms. The van der Waals surface area contributed by atoms with Crippen molar-refractivity contribution in [2.24, 2.45) is 18.4 Å². The summed E-state index contributed by atoms with van der Waals surface area (Å²) in [6.07, 6.45) is 6.67. The van der Waals surface area contributed by atoms with Crippen LogP contribution in [-0.2, 0) is 13.5 Å². The minimum Gasteiger partial charge on any atom is -0.478 e. The van der Waals surface area contributed by atoms with Crippen molar-refractivity contribution in [3.05, 3.63) is 87.4 Å². The van der Waals surface area contributed by atoms with Crippen LogP contribution in [0.2, 0.25) is 0 Å². The highest BCUT2D eigenvalue weighted by molar-refractivity contribution is 7.99. The van der Waals surface area contributed by atoms with E-state index in [1.807, 2.05) is 42.0 Å². The molecule has 5 rings (SSSR count). The second-order valence-corrected chi connectivity index (χ2v) is 11.7. The number of fused-ring (bicyclic) bond motifs is 2. The molecular formula is C29H28N4O4S. The molecule has 1 aliphatic carbocycles. The molecule has 2 aromatic carbocycles. The summed E-state index contributed by atoms with van der Waals surface area (Å²) in [6, 6.07) is 12.5. The van der Waals surface area contributed by atoms with E-state index in [0.717, 1.165) is 11.1 Å². The average molecular weight is 529 g/mol. The van der Waals surface area contributed by atoms with Crippen molar-refractivity contribution in [2.75, 3.05) is 0 Å². The number of nitro benzene ring substituents is 1. The number of rotatable bonds is 5. The Labute approximate surface area is 224 Å². The lowest BCUT2D eigenvalue weighted by Crippen LogP contribution is -2.28. The first-order valence-corrected chi connectivity index (χ1v) is 13.1.